The number of amides is 2. The largest absolute Gasteiger partial charge is 0.497 e. The van der Waals surface area contributed by atoms with Crippen LogP contribution in [-0.2, 0) is 32.6 Å². The number of hydrogen-bond acceptors (Lipinski definition) is 6. The van der Waals surface area contributed by atoms with E-state index in [-0.39, 0.29) is 29.5 Å². The van der Waals surface area contributed by atoms with Gasteiger partial charge in [0.25, 0.3) is 10.0 Å². The summed E-state index contributed by atoms with van der Waals surface area (Å²) in [6.45, 7) is 1.99. The van der Waals surface area contributed by atoms with E-state index in [0.29, 0.717) is 18.0 Å². The Balaban J connectivity index is 1.80. The Labute approximate surface area is 271 Å². The lowest BCUT2D eigenvalue weighted by Crippen LogP contribution is -2.53. The highest BCUT2D eigenvalue weighted by Crippen LogP contribution is 2.28. The summed E-state index contributed by atoms with van der Waals surface area (Å²) in [4.78, 5) is 29.9. The first-order valence-electron chi connectivity index (χ1n) is 15.2. The second-order valence-electron chi connectivity index (χ2n) is 10.7. The zero-order valence-electron chi connectivity index (χ0n) is 26.5. The van der Waals surface area contributed by atoms with E-state index >= 15 is 0 Å². The van der Waals surface area contributed by atoms with E-state index in [9.17, 15) is 18.0 Å². The van der Waals surface area contributed by atoms with E-state index in [0.717, 1.165) is 28.3 Å². The summed E-state index contributed by atoms with van der Waals surface area (Å²) in [7, 11) is -1.16. The molecule has 1 atom stereocenters. The van der Waals surface area contributed by atoms with Gasteiger partial charge in [0, 0.05) is 25.6 Å². The second-order valence-corrected chi connectivity index (χ2v) is 12.6. The summed E-state index contributed by atoms with van der Waals surface area (Å²) in [6, 6.07) is 30.3. The Morgan fingerprint density at radius 2 is 1.39 bits per heavy atom. The maximum atomic E-state index is 14.6. The van der Waals surface area contributed by atoms with Crippen LogP contribution in [0.1, 0.15) is 30.9 Å². The van der Waals surface area contributed by atoms with Crippen LogP contribution in [-0.4, -0.2) is 58.5 Å². The maximum Gasteiger partial charge on any atom is 0.264 e. The van der Waals surface area contributed by atoms with Crippen molar-refractivity contribution in [1.29, 1.82) is 0 Å². The molecule has 242 valence electrons. The molecule has 1 N–H and O–H groups in total. The Hall–Kier alpha value is -4.83. The van der Waals surface area contributed by atoms with E-state index in [2.05, 4.69) is 5.32 Å². The molecule has 0 aromatic heterocycles. The highest BCUT2D eigenvalue weighted by molar-refractivity contribution is 7.92. The SMILES string of the molecule is CCCCNC(=O)[C@@H](Cc1ccccc1)N(Cc1cccc(OC)c1)C(=O)CN(c1cccc(OC)c1)S(=O)(=O)c1ccccc1. The number of sulfonamides is 1. The molecule has 4 rings (SSSR count). The number of carbonyl (C=O) groups is 2. The molecule has 10 heteroatoms. The number of hydrogen-bond donors (Lipinski definition) is 1. The number of nitrogens with one attached hydrogen (secondary N) is 1. The molecule has 0 fully saturated rings. The molecule has 46 heavy (non-hydrogen) atoms. The summed E-state index contributed by atoms with van der Waals surface area (Å²) >= 11 is 0. The van der Waals surface area contributed by atoms with Crippen molar-refractivity contribution in [2.75, 3.05) is 31.6 Å². The van der Waals surface area contributed by atoms with E-state index in [4.69, 9.17) is 9.47 Å². The third kappa shape index (κ3) is 8.88. The average Bonchev–Trinajstić information content (AvgIpc) is 3.09. The molecular weight excluding hydrogens is 602 g/mol. The fraction of sp³-hybridized carbons (Fsp3) is 0.278. The van der Waals surface area contributed by atoms with E-state index in [1.165, 1.54) is 24.1 Å². The second kappa shape index (κ2) is 16.5. The lowest BCUT2D eigenvalue weighted by molar-refractivity contribution is -0.140. The quantitative estimate of drug-likeness (QED) is 0.163. The number of anilines is 1. The molecule has 2 amide bonds. The third-order valence-electron chi connectivity index (χ3n) is 7.54. The van der Waals surface area contributed by atoms with E-state index in [1.54, 1.807) is 61.7 Å². The molecule has 0 saturated heterocycles. The zero-order valence-corrected chi connectivity index (χ0v) is 27.3. The number of unbranched alkanes of at least 4 members (excludes halogenated alkanes) is 1. The molecule has 0 aliphatic carbocycles. The third-order valence-corrected chi connectivity index (χ3v) is 9.33. The van der Waals surface area contributed by atoms with Crippen molar-refractivity contribution in [3.05, 3.63) is 120 Å². The van der Waals surface area contributed by atoms with Gasteiger partial charge >= 0.3 is 0 Å². The van der Waals surface area contributed by atoms with Gasteiger partial charge in [-0.3, -0.25) is 13.9 Å². The number of benzene rings is 4. The Bertz CT molecular complexity index is 1680. The first kappa shape index (κ1) is 34.1. The van der Waals surface area contributed by atoms with Crippen molar-refractivity contribution in [3.8, 4) is 11.5 Å². The molecule has 4 aromatic carbocycles. The van der Waals surface area contributed by atoms with Gasteiger partial charge < -0.3 is 19.7 Å². The van der Waals surface area contributed by atoms with Gasteiger partial charge in [-0.2, -0.15) is 0 Å². The lowest BCUT2D eigenvalue weighted by atomic mass is 10.0. The molecule has 0 spiro atoms. The number of nitrogens with zero attached hydrogens (tertiary/aromatic N) is 2. The van der Waals surface area contributed by atoms with Crippen molar-refractivity contribution >= 4 is 27.5 Å². The van der Waals surface area contributed by atoms with Crippen molar-refractivity contribution in [2.45, 2.75) is 43.7 Å². The fourth-order valence-electron chi connectivity index (χ4n) is 5.04. The molecule has 0 bridgehead atoms. The normalized spacial score (nSPS) is 11.7. The van der Waals surface area contributed by atoms with Gasteiger partial charge in [-0.25, -0.2) is 8.42 Å². The number of carbonyl (C=O) groups excluding carboxylic acids is 2. The molecule has 0 aliphatic rings. The van der Waals surface area contributed by atoms with Crippen molar-refractivity contribution in [2.24, 2.45) is 0 Å². The maximum absolute atomic E-state index is 14.6. The van der Waals surface area contributed by atoms with Crippen LogP contribution in [0.4, 0.5) is 5.69 Å². The highest BCUT2D eigenvalue weighted by atomic mass is 32.2. The highest BCUT2D eigenvalue weighted by Gasteiger charge is 2.34. The van der Waals surface area contributed by atoms with Gasteiger partial charge in [0.05, 0.1) is 24.8 Å². The summed E-state index contributed by atoms with van der Waals surface area (Å²) in [5.41, 5.74) is 1.85. The molecule has 0 saturated carbocycles. The first-order chi connectivity index (χ1) is 22.3. The smallest absolute Gasteiger partial charge is 0.264 e. The molecule has 0 aliphatic heterocycles. The molecule has 4 aromatic rings. The van der Waals surface area contributed by atoms with Gasteiger partial charge in [-0.1, -0.05) is 80.1 Å². The predicted molar refractivity (Wildman–Crippen MR) is 179 cm³/mol. The van der Waals surface area contributed by atoms with Crippen molar-refractivity contribution in [1.82, 2.24) is 10.2 Å². The topological polar surface area (TPSA) is 105 Å². The summed E-state index contributed by atoms with van der Waals surface area (Å²) in [6.07, 6.45) is 1.91. The summed E-state index contributed by atoms with van der Waals surface area (Å²) < 4.78 is 40.1. The number of methoxy groups -OCH3 is 2. The van der Waals surface area contributed by atoms with Gasteiger partial charge in [0.15, 0.2) is 0 Å². The van der Waals surface area contributed by atoms with E-state index < -0.39 is 28.5 Å². The van der Waals surface area contributed by atoms with Gasteiger partial charge in [-0.15, -0.1) is 0 Å². The number of rotatable bonds is 16. The standard InChI is InChI=1S/C36H41N3O6S/c1-4-5-22-37-36(41)34(24-28-14-8-6-9-15-28)38(26-29-16-12-18-31(23-29)44-2)35(40)27-39(30-17-13-19-32(25-30)45-3)46(42,43)33-20-10-7-11-21-33/h6-21,23,25,34H,4-5,22,24,26-27H2,1-3H3,(H,37,41)/t34-/m1/s1. The fourth-order valence-corrected chi connectivity index (χ4v) is 6.47. The first-order valence-corrected chi connectivity index (χ1v) is 16.7. The van der Waals surface area contributed by atoms with Crippen molar-refractivity contribution < 1.29 is 27.5 Å². The Morgan fingerprint density at radius 3 is 2.04 bits per heavy atom. The summed E-state index contributed by atoms with van der Waals surface area (Å²) in [5, 5.41) is 3.00. The van der Waals surface area contributed by atoms with Crippen LogP contribution in [0.15, 0.2) is 114 Å². The van der Waals surface area contributed by atoms with Crippen LogP contribution in [0.5, 0.6) is 11.5 Å². The zero-order chi connectivity index (χ0) is 32.9. The van der Waals surface area contributed by atoms with Crippen molar-refractivity contribution in [3.63, 3.8) is 0 Å². The van der Waals surface area contributed by atoms with Crippen LogP contribution in [0.2, 0.25) is 0 Å². The van der Waals surface area contributed by atoms with E-state index in [1.807, 2.05) is 49.4 Å². The lowest BCUT2D eigenvalue weighted by Gasteiger charge is -2.34. The van der Waals surface area contributed by atoms with Crippen LogP contribution in [0.3, 0.4) is 0 Å². The van der Waals surface area contributed by atoms with Crippen LogP contribution in [0, 0.1) is 0 Å². The van der Waals surface area contributed by atoms with Crippen LogP contribution < -0.4 is 19.1 Å². The average molecular weight is 644 g/mol. The molecule has 0 heterocycles. The summed E-state index contributed by atoms with van der Waals surface area (Å²) in [5.74, 6) is 0.175. The van der Waals surface area contributed by atoms with Crippen LogP contribution in [0.25, 0.3) is 0 Å². The van der Waals surface area contributed by atoms with Gasteiger partial charge in [0.1, 0.15) is 24.1 Å². The predicted octanol–water partition coefficient (Wildman–Crippen LogP) is 5.46. The molecular formula is C36H41N3O6S. The Morgan fingerprint density at radius 1 is 0.783 bits per heavy atom. The number of ether oxygens (including phenoxy) is 2. The molecule has 9 nitrogen and oxygen atoms in total. The van der Waals surface area contributed by atoms with Crippen LogP contribution >= 0.6 is 0 Å². The van der Waals surface area contributed by atoms with Gasteiger partial charge in [-0.05, 0) is 53.9 Å². The molecule has 0 unspecified atom stereocenters. The molecule has 0 radical (unpaired) electrons. The monoisotopic (exact) mass is 643 g/mol. The minimum atomic E-state index is -4.20. The minimum Gasteiger partial charge on any atom is -0.497 e. The minimum absolute atomic E-state index is 0.0307. The van der Waals surface area contributed by atoms with Gasteiger partial charge in [0.2, 0.25) is 11.8 Å². The Kier molecular flexibility index (Phi) is 12.2.